The van der Waals surface area contributed by atoms with Gasteiger partial charge in [-0.3, -0.25) is 9.97 Å². The fourth-order valence-corrected chi connectivity index (χ4v) is 1.20. The highest BCUT2D eigenvalue weighted by Crippen LogP contribution is 2.22. The summed E-state index contributed by atoms with van der Waals surface area (Å²) in [6.07, 6.45) is 4.68. The maximum atomic E-state index is 8.87. The van der Waals surface area contributed by atoms with Crippen LogP contribution in [0.5, 0.6) is 11.5 Å². The number of hydrogen-bond acceptors (Lipinski definition) is 4. The molecule has 4 nitrogen and oxygen atoms in total. The van der Waals surface area contributed by atoms with Crippen molar-refractivity contribution >= 4 is 0 Å². The molecule has 0 fully saturated rings. The van der Waals surface area contributed by atoms with Crippen LogP contribution in [0.25, 0.3) is 0 Å². The van der Waals surface area contributed by atoms with Gasteiger partial charge in [0, 0.05) is 11.9 Å². The van der Waals surface area contributed by atoms with Crippen molar-refractivity contribution in [3.05, 3.63) is 48.0 Å². The molecule has 2 aromatic heterocycles. The van der Waals surface area contributed by atoms with E-state index in [2.05, 4.69) is 9.97 Å². The quantitative estimate of drug-likeness (QED) is 0.765. The molecule has 0 amide bonds. The lowest BCUT2D eigenvalue weighted by Gasteiger charge is -2.05. The summed E-state index contributed by atoms with van der Waals surface area (Å²) in [6.45, 7) is 1.90. The average Bonchev–Trinajstić information content (AvgIpc) is 2.33. The zero-order chi connectivity index (χ0) is 11.4. The van der Waals surface area contributed by atoms with E-state index in [1.165, 1.54) is 6.20 Å². The maximum Gasteiger partial charge on any atom is 0.163 e. The van der Waals surface area contributed by atoms with Gasteiger partial charge in [0.2, 0.25) is 0 Å². The molecule has 2 aromatic rings. The minimum absolute atomic E-state index is 0.440. The van der Waals surface area contributed by atoms with Gasteiger partial charge in [0.15, 0.2) is 5.75 Å². The van der Waals surface area contributed by atoms with E-state index >= 15 is 0 Å². The van der Waals surface area contributed by atoms with Crippen molar-refractivity contribution in [3.8, 4) is 17.6 Å². The zero-order valence-corrected chi connectivity index (χ0v) is 8.71. The Labute approximate surface area is 93.2 Å². The molecule has 0 aromatic carbocycles. The van der Waals surface area contributed by atoms with Crippen LogP contribution in [0, 0.1) is 18.3 Å². The normalized spacial score (nSPS) is 9.50. The number of rotatable bonds is 2. The summed E-state index contributed by atoms with van der Waals surface area (Å²) in [5.41, 5.74) is 1.37. The van der Waals surface area contributed by atoms with E-state index in [0.717, 1.165) is 5.69 Å². The molecule has 16 heavy (non-hydrogen) atoms. The van der Waals surface area contributed by atoms with Gasteiger partial charge in [-0.15, -0.1) is 0 Å². The fraction of sp³-hybridized carbons (Fsp3) is 0.0833. The Kier molecular flexibility index (Phi) is 2.79. The van der Waals surface area contributed by atoms with Crippen molar-refractivity contribution in [2.24, 2.45) is 0 Å². The second-order valence-electron chi connectivity index (χ2n) is 3.22. The highest BCUT2D eigenvalue weighted by Gasteiger charge is 2.03. The third-order valence-electron chi connectivity index (χ3n) is 2.02. The van der Waals surface area contributed by atoms with Crippen LogP contribution in [0.15, 0.2) is 36.8 Å². The van der Waals surface area contributed by atoms with Crippen molar-refractivity contribution in [2.45, 2.75) is 6.92 Å². The predicted octanol–water partition coefficient (Wildman–Crippen LogP) is 2.45. The standard InChI is InChI=1S/C12H9N3O/c1-9-2-3-11(7-15-9)16-12-8-14-5-4-10(12)6-13/h2-5,7-8H,1H3. The molecule has 0 saturated heterocycles. The van der Waals surface area contributed by atoms with Gasteiger partial charge < -0.3 is 4.74 Å². The van der Waals surface area contributed by atoms with Crippen LogP contribution < -0.4 is 4.74 Å². The van der Waals surface area contributed by atoms with Gasteiger partial charge >= 0.3 is 0 Å². The monoisotopic (exact) mass is 211 g/mol. The summed E-state index contributed by atoms with van der Waals surface area (Å²) < 4.78 is 5.51. The zero-order valence-electron chi connectivity index (χ0n) is 8.71. The number of hydrogen-bond donors (Lipinski definition) is 0. The smallest absolute Gasteiger partial charge is 0.163 e. The third-order valence-corrected chi connectivity index (χ3v) is 2.02. The Bertz CT molecular complexity index is 529. The van der Waals surface area contributed by atoms with Gasteiger partial charge in [0.05, 0.1) is 18.0 Å². The highest BCUT2D eigenvalue weighted by atomic mass is 16.5. The van der Waals surface area contributed by atoms with Crippen LogP contribution in [-0.2, 0) is 0 Å². The van der Waals surface area contributed by atoms with Crippen LogP contribution in [0.4, 0.5) is 0 Å². The second-order valence-corrected chi connectivity index (χ2v) is 3.22. The number of nitrogens with zero attached hydrogens (tertiary/aromatic N) is 3. The number of nitriles is 1. The maximum absolute atomic E-state index is 8.87. The van der Waals surface area contributed by atoms with E-state index in [1.807, 2.05) is 19.1 Å². The molecule has 0 bridgehead atoms. The van der Waals surface area contributed by atoms with E-state index in [4.69, 9.17) is 10.00 Å². The molecule has 0 saturated carbocycles. The Morgan fingerprint density at radius 2 is 2.12 bits per heavy atom. The van der Waals surface area contributed by atoms with Gasteiger partial charge in [-0.2, -0.15) is 5.26 Å². The summed E-state index contributed by atoms with van der Waals surface area (Å²) in [5, 5.41) is 8.87. The molecule has 0 N–H and O–H groups in total. The molecule has 78 valence electrons. The molecule has 2 rings (SSSR count). The summed E-state index contributed by atoms with van der Waals surface area (Å²) in [7, 11) is 0. The lowest BCUT2D eigenvalue weighted by atomic mass is 10.3. The number of aryl methyl sites for hydroxylation is 1. The van der Waals surface area contributed by atoms with Crippen molar-refractivity contribution in [1.29, 1.82) is 5.26 Å². The molecule has 0 unspecified atom stereocenters. The van der Waals surface area contributed by atoms with Gasteiger partial charge in [-0.25, -0.2) is 0 Å². The Hall–Kier alpha value is -2.41. The fourth-order valence-electron chi connectivity index (χ4n) is 1.20. The average molecular weight is 211 g/mol. The number of ether oxygens (including phenoxy) is 1. The number of aromatic nitrogens is 2. The molecule has 0 atom stereocenters. The lowest BCUT2D eigenvalue weighted by Crippen LogP contribution is -1.90. The van der Waals surface area contributed by atoms with Crippen LogP contribution >= 0.6 is 0 Å². The van der Waals surface area contributed by atoms with E-state index in [0.29, 0.717) is 17.1 Å². The van der Waals surface area contributed by atoms with Crippen LogP contribution in [0.2, 0.25) is 0 Å². The molecule has 0 spiro atoms. The summed E-state index contributed by atoms with van der Waals surface area (Å²) in [5.74, 6) is 1.03. The van der Waals surface area contributed by atoms with Gasteiger partial charge in [-0.05, 0) is 25.1 Å². The Morgan fingerprint density at radius 3 is 2.81 bits per heavy atom. The van der Waals surface area contributed by atoms with Gasteiger partial charge in [0.1, 0.15) is 11.8 Å². The van der Waals surface area contributed by atoms with Crippen molar-refractivity contribution in [2.75, 3.05) is 0 Å². The molecule has 4 heteroatoms. The first-order chi connectivity index (χ1) is 7.79. The number of pyridine rings is 2. The minimum atomic E-state index is 0.440. The van der Waals surface area contributed by atoms with Crippen molar-refractivity contribution in [1.82, 2.24) is 9.97 Å². The second kappa shape index (κ2) is 4.41. The lowest BCUT2D eigenvalue weighted by molar-refractivity contribution is 0.476. The van der Waals surface area contributed by atoms with Crippen molar-refractivity contribution < 1.29 is 4.74 Å². The summed E-state index contributed by atoms with van der Waals surface area (Å²) in [4.78, 5) is 8.01. The van der Waals surface area contributed by atoms with Crippen LogP contribution in [0.3, 0.4) is 0 Å². The largest absolute Gasteiger partial charge is 0.453 e. The first-order valence-corrected chi connectivity index (χ1v) is 4.74. The Morgan fingerprint density at radius 1 is 1.25 bits per heavy atom. The van der Waals surface area contributed by atoms with Gasteiger partial charge in [0.25, 0.3) is 0 Å². The molecule has 0 aliphatic heterocycles. The predicted molar refractivity (Wildman–Crippen MR) is 58.0 cm³/mol. The topological polar surface area (TPSA) is 58.8 Å². The summed E-state index contributed by atoms with van der Waals surface area (Å²) in [6, 6.07) is 7.30. The molecule has 0 aliphatic rings. The van der Waals surface area contributed by atoms with E-state index in [-0.39, 0.29) is 0 Å². The summed E-state index contributed by atoms with van der Waals surface area (Å²) >= 11 is 0. The molecule has 2 heterocycles. The van der Waals surface area contributed by atoms with E-state index in [1.54, 1.807) is 24.5 Å². The van der Waals surface area contributed by atoms with Gasteiger partial charge in [-0.1, -0.05) is 0 Å². The SMILES string of the molecule is Cc1ccc(Oc2cnccc2C#N)cn1. The highest BCUT2D eigenvalue weighted by molar-refractivity contribution is 5.42. The molecule has 0 aliphatic carbocycles. The van der Waals surface area contributed by atoms with Crippen molar-refractivity contribution in [3.63, 3.8) is 0 Å². The molecule has 0 radical (unpaired) electrons. The first-order valence-electron chi connectivity index (χ1n) is 4.74. The molecular formula is C12H9N3O. The van der Waals surface area contributed by atoms with Crippen LogP contribution in [0.1, 0.15) is 11.3 Å². The third kappa shape index (κ3) is 2.15. The van der Waals surface area contributed by atoms with E-state index in [9.17, 15) is 0 Å². The van der Waals surface area contributed by atoms with Crippen LogP contribution in [-0.4, -0.2) is 9.97 Å². The first kappa shape index (κ1) is 10.1. The van der Waals surface area contributed by atoms with E-state index < -0.39 is 0 Å². The minimum Gasteiger partial charge on any atom is -0.453 e. The Balaban J connectivity index is 2.27. The molecular weight excluding hydrogens is 202 g/mol.